The van der Waals surface area contributed by atoms with Crippen molar-refractivity contribution in [2.45, 2.75) is 13.0 Å². The fourth-order valence-electron chi connectivity index (χ4n) is 3.07. The molecule has 1 aromatic carbocycles. The molecule has 0 radical (unpaired) electrons. The van der Waals surface area contributed by atoms with Crippen molar-refractivity contribution in [2.24, 2.45) is 0 Å². The molecule has 0 atom stereocenters. The molecule has 0 fully saturated rings. The Labute approximate surface area is 187 Å². The highest BCUT2D eigenvalue weighted by atomic mass is 32.1. The van der Waals surface area contributed by atoms with Gasteiger partial charge in [0.05, 0.1) is 20.8 Å². The summed E-state index contributed by atoms with van der Waals surface area (Å²) in [6.45, 7) is 4.87. The van der Waals surface area contributed by atoms with Crippen LogP contribution in [0.15, 0.2) is 48.4 Å². The first-order valence-corrected chi connectivity index (χ1v) is 10.8. The lowest BCUT2D eigenvalue weighted by Gasteiger charge is -2.27. The van der Waals surface area contributed by atoms with Crippen LogP contribution in [0.1, 0.15) is 10.4 Å². The molecule has 0 saturated carbocycles. The molecule has 0 saturated heterocycles. The van der Waals surface area contributed by atoms with E-state index in [0.717, 1.165) is 10.4 Å². The number of methoxy groups -OCH3 is 3. The van der Waals surface area contributed by atoms with Gasteiger partial charge in [0.1, 0.15) is 13.2 Å². The van der Waals surface area contributed by atoms with Crippen LogP contribution >= 0.6 is 11.3 Å². The molecule has 2 aromatic rings. The van der Waals surface area contributed by atoms with Crippen LogP contribution < -0.4 is 9.47 Å². The van der Waals surface area contributed by atoms with E-state index in [1.54, 1.807) is 36.5 Å². The lowest BCUT2D eigenvalue weighted by Crippen LogP contribution is -2.44. The number of benzene rings is 1. The minimum atomic E-state index is -0.244. The molecular weight excluding hydrogens is 416 g/mol. The summed E-state index contributed by atoms with van der Waals surface area (Å²) in [5.74, 6) is 0.944. The Balaban J connectivity index is 2.13. The number of thiophene rings is 1. The lowest BCUT2D eigenvalue weighted by atomic mass is 10.1. The summed E-state index contributed by atoms with van der Waals surface area (Å²) in [5, 5.41) is 1.98. The predicted octanol–water partition coefficient (Wildman–Crippen LogP) is 3.00. The SMILES string of the molecule is C=CCN(CC(=O)N(CCc1ccc(OC)c(OC)c1)Cc1cccs1)C(=O)COC. The summed E-state index contributed by atoms with van der Waals surface area (Å²) in [5.41, 5.74) is 1.03. The van der Waals surface area contributed by atoms with Crippen LogP contribution in [0.4, 0.5) is 0 Å². The van der Waals surface area contributed by atoms with Gasteiger partial charge < -0.3 is 24.0 Å². The molecule has 1 aromatic heterocycles. The second-order valence-electron chi connectivity index (χ2n) is 6.83. The van der Waals surface area contributed by atoms with E-state index in [1.807, 2.05) is 35.7 Å². The van der Waals surface area contributed by atoms with Crippen LogP contribution in [-0.2, 0) is 27.3 Å². The minimum Gasteiger partial charge on any atom is -0.493 e. The maximum atomic E-state index is 13.1. The fourth-order valence-corrected chi connectivity index (χ4v) is 3.79. The Kier molecular flexibility index (Phi) is 10.1. The molecule has 2 amide bonds. The Hall–Kier alpha value is -2.84. The summed E-state index contributed by atoms with van der Waals surface area (Å²) in [7, 11) is 4.65. The van der Waals surface area contributed by atoms with E-state index in [4.69, 9.17) is 14.2 Å². The van der Waals surface area contributed by atoms with Crippen molar-refractivity contribution < 1.29 is 23.8 Å². The summed E-state index contributed by atoms with van der Waals surface area (Å²) in [6, 6.07) is 9.69. The van der Waals surface area contributed by atoms with Gasteiger partial charge >= 0.3 is 0 Å². The molecule has 0 unspecified atom stereocenters. The second-order valence-corrected chi connectivity index (χ2v) is 7.86. The number of carbonyl (C=O) groups is 2. The summed E-state index contributed by atoms with van der Waals surface area (Å²) < 4.78 is 15.6. The van der Waals surface area contributed by atoms with Gasteiger partial charge in [0.25, 0.3) is 0 Å². The predicted molar refractivity (Wildman–Crippen MR) is 122 cm³/mol. The van der Waals surface area contributed by atoms with Crippen LogP contribution in [0.2, 0.25) is 0 Å². The van der Waals surface area contributed by atoms with E-state index in [9.17, 15) is 9.59 Å². The average Bonchev–Trinajstić information content (AvgIpc) is 3.29. The fraction of sp³-hybridized carbons (Fsp3) is 0.391. The molecule has 8 heteroatoms. The van der Waals surface area contributed by atoms with Crippen molar-refractivity contribution in [3.05, 3.63) is 58.8 Å². The van der Waals surface area contributed by atoms with Crippen molar-refractivity contribution >= 4 is 23.2 Å². The molecule has 0 bridgehead atoms. The van der Waals surface area contributed by atoms with Gasteiger partial charge in [0.2, 0.25) is 11.8 Å². The van der Waals surface area contributed by atoms with E-state index < -0.39 is 0 Å². The van der Waals surface area contributed by atoms with E-state index in [2.05, 4.69) is 6.58 Å². The van der Waals surface area contributed by atoms with Crippen LogP contribution in [0.3, 0.4) is 0 Å². The first kappa shape index (κ1) is 24.4. The first-order valence-electron chi connectivity index (χ1n) is 9.91. The molecule has 2 rings (SSSR count). The number of amides is 2. The van der Waals surface area contributed by atoms with Gasteiger partial charge in [0, 0.05) is 25.1 Å². The maximum absolute atomic E-state index is 13.1. The molecule has 0 spiro atoms. The summed E-state index contributed by atoms with van der Waals surface area (Å²) in [4.78, 5) is 29.7. The molecular formula is C23H30N2O5S. The zero-order valence-electron chi connectivity index (χ0n) is 18.3. The zero-order chi connectivity index (χ0) is 22.6. The molecule has 0 aliphatic carbocycles. The number of hydrogen-bond acceptors (Lipinski definition) is 6. The van der Waals surface area contributed by atoms with Crippen molar-refractivity contribution in [3.63, 3.8) is 0 Å². The second kappa shape index (κ2) is 12.8. The number of hydrogen-bond donors (Lipinski definition) is 0. The van der Waals surface area contributed by atoms with E-state index in [-0.39, 0.29) is 31.5 Å². The highest BCUT2D eigenvalue weighted by Gasteiger charge is 2.21. The van der Waals surface area contributed by atoms with Crippen molar-refractivity contribution in [1.29, 1.82) is 0 Å². The smallest absolute Gasteiger partial charge is 0.249 e. The van der Waals surface area contributed by atoms with Crippen molar-refractivity contribution in [2.75, 3.05) is 47.6 Å². The molecule has 0 N–H and O–H groups in total. The third-order valence-electron chi connectivity index (χ3n) is 4.69. The molecule has 168 valence electrons. The third kappa shape index (κ3) is 7.41. The molecule has 0 aliphatic rings. The van der Waals surface area contributed by atoms with Crippen LogP contribution in [0.25, 0.3) is 0 Å². The molecule has 0 aliphatic heterocycles. The normalized spacial score (nSPS) is 10.4. The van der Waals surface area contributed by atoms with Gasteiger partial charge in [-0.2, -0.15) is 0 Å². The largest absolute Gasteiger partial charge is 0.493 e. The van der Waals surface area contributed by atoms with E-state index in [0.29, 0.717) is 31.0 Å². The molecule has 7 nitrogen and oxygen atoms in total. The number of rotatable bonds is 13. The monoisotopic (exact) mass is 446 g/mol. The van der Waals surface area contributed by atoms with Gasteiger partial charge in [-0.05, 0) is 35.6 Å². The average molecular weight is 447 g/mol. The lowest BCUT2D eigenvalue weighted by molar-refractivity contribution is -0.142. The standard InChI is InChI=1S/C23H30N2O5S/c1-5-11-24(23(27)17-28-2)16-22(26)25(15-19-7-6-13-31-19)12-10-18-8-9-20(29-3)21(14-18)30-4/h5-9,13-14H,1,10-12,15-17H2,2-4H3. The number of ether oxygens (including phenoxy) is 3. The highest BCUT2D eigenvalue weighted by Crippen LogP contribution is 2.27. The Morgan fingerprint density at radius 2 is 1.84 bits per heavy atom. The molecule has 31 heavy (non-hydrogen) atoms. The Bertz CT molecular complexity index is 854. The van der Waals surface area contributed by atoms with Crippen LogP contribution in [0, 0.1) is 0 Å². The highest BCUT2D eigenvalue weighted by molar-refractivity contribution is 7.09. The molecule has 1 heterocycles. The van der Waals surface area contributed by atoms with E-state index >= 15 is 0 Å². The number of nitrogens with zero attached hydrogens (tertiary/aromatic N) is 2. The van der Waals surface area contributed by atoms with Crippen LogP contribution in [-0.4, -0.2) is 69.2 Å². The maximum Gasteiger partial charge on any atom is 0.249 e. The van der Waals surface area contributed by atoms with Crippen LogP contribution in [0.5, 0.6) is 11.5 Å². The first-order chi connectivity index (χ1) is 15.0. The van der Waals surface area contributed by atoms with Gasteiger partial charge in [0.15, 0.2) is 11.5 Å². The van der Waals surface area contributed by atoms with Gasteiger partial charge in [-0.25, -0.2) is 0 Å². The van der Waals surface area contributed by atoms with Crippen molar-refractivity contribution in [3.8, 4) is 11.5 Å². The summed E-state index contributed by atoms with van der Waals surface area (Å²) >= 11 is 1.60. The number of carbonyl (C=O) groups excluding carboxylic acids is 2. The van der Waals surface area contributed by atoms with Gasteiger partial charge in [-0.1, -0.05) is 18.2 Å². The third-order valence-corrected chi connectivity index (χ3v) is 5.56. The minimum absolute atomic E-state index is 0.0223. The van der Waals surface area contributed by atoms with E-state index in [1.165, 1.54) is 12.0 Å². The quantitative estimate of drug-likeness (QED) is 0.443. The van der Waals surface area contributed by atoms with Crippen molar-refractivity contribution in [1.82, 2.24) is 9.80 Å². The Morgan fingerprint density at radius 3 is 2.45 bits per heavy atom. The van der Waals surface area contributed by atoms with Gasteiger partial charge in [-0.15, -0.1) is 17.9 Å². The summed E-state index contributed by atoms with van der Waals surface area (Å²) in [6.07, 6.45) is 2.25. The zero-order valence-corrected chi connectivity index (χ0v) is 19.2. The topological polar surface area (TPSA) is 68.3 Å². The Morgan fingerprint density at radius 1 is 1.06 bits per heavy atom. The van der Waals surface area contributed by atoms with Gasteiger partial charge in [-0.3, -0.25) is 9.59 Å².